The highest BCUT2D eigenvalue weighted by Gasteiger charge is 2.38. The summed E-state index contributed by atoms with van der Waals surface area (Å²) in [5.41, 5.74) is 2.52. The monoisotopic (exact) mass is 494 g/mol. The maximum Gasteiger partial charge on any atom is 0.407 e. The van der Waals surface area contributed by atoms with Gasteiger partial charge in [0.2, 0.25) is 5.91 Å². The number of hydrogen-bond donors (Lipinski definition) is 3. The van der Waals surface area contributed by atoms with E-state index < -0.39 is 24.3 Å². The Kier molecular flexibility index (Phi) is 8.68. The van der Waals surface area contributed by atoms with Gasteiger partial charge in [-0.05, 0) is 22.3 Å². The van der Waals surface area contributed by atoms with Gasteiger partial charge >= 0.3 is 6.09 Å². The molecule has 1 atom stereocenters. The maximum atomic E-state index is 13.5. The van der Waals surface area contributed by atoms with Crippen LogP contribution in [0, 0.1) is 0 Å². The van der Waals surface area contributed by atoms with Crippen LogP contribution in [0.4, 0.5) is 4.79 Å². The lowest BCUT2D eigenvalue weighted by molar-refractivity contribution is -0.123. The van der Waals surface area contributed by atoms with Gasteiger partial charge in [0.1, 0.15) is 12.1 Å². The van der Waals surface area contributed by atoms with E-state index in [0.717, 1.165) is 22.3 Å². The Bertz CT molecular complexity index is 1170. The third kappa shape index (κ3) is 6.42. The molecular formula is C31H30N2O4. The predicted octanol–water partition coefficient (Wildman–Crippen LogP) is 4.77. The molecule has 4 rings (SSSR count). The van der Waals surface area contributed by atoms with Crippen LogP contribution in [0.25, 0.3) is 0 Å². The van der Waals surface area contributed by atoms with Crippen LogP contribution in [0.5, 0.6) is 0 Å². The lowest BCUT2D eigenvalue weighted by Crippen LogP contribution is -2.50. The van der Waals surface area contributed by atoms with Crippen LogP contribution >= 0.6 is 0 Å². The van der Waals surface area contributed by atoms with Gasteiger partial charge in [-0.1, -0.05) is 121 Å². The molecule has 4 aromatic carbocycles. The van der Waals surface area contributed by atoms with Crippen molar-refractivity contribution in [1.29, 1.82) is 0 Å². The first-order valence-electron chi connectivity index (χ1n) is 12.2. The summed E-state index contributed by atoms with van der Waals surface area (Å²) in [5, 5.41) is 15.7. The van der Waals surface area contributed by atoms with Gasteiger partial charge < -0.3 is 20.5 Å². The van der Waals surface area contributed by atoms with Gasteiger partial charge in [-0.2, -0.15) is 0 Å². The van der Waals surface area contributed by atoms with Crippen LogP contribution in [0.3, 0.4) is 0 Å². The molecule has 0 bridgehead atoms. The molecule has 0 saturated carbocycles. The van der Waals surface area contributed by atoms with E-state index in [0.29, 0.717) is 0 Å². The van der Waals surface area contributed by atoms with Gasteiger partial charge in [0.15, 0.2) is 0 Å². The highest BCUT2D eigenvalue weighted by Crippen LogP contribution is 2.36. The molecule has 0 aliphatic rings. The molecule has 6 nitrogen and oxygen atoms in total. The van der Waals surface area contributed by atoms with Crippen molar-refractivity contribution >= 4 is 12.0 Å². The third-order valence-corrected chi connectivity index (χ3v) is 6.13. The van der Waals surface area contributed by atoms with Crippen molar-refractivity contribution in [3.8, 4) is 0 Å². The molecular weight excluding hydrogens is 464 g/mol. The standard InChI is InChI=1S/C31H30N2O4/c34-22-28(32-30(36)37-23-24-13-5-1-6-14-24)21-29(35)33-31(25-15-7-2-8-16-25,26-17-9-3-10-18-26)27-19-11-4-12-20-27/h1-20,28,34H,21-23H2,(H,32,36)(H,33,35). The molecule has 0 fully saturated rings. The van der Waals surface area contributed by atoms with Crippen LogP contribution < -0.4 is 10.6 Å². The van der Waals surface area contributed by atoms with Crippen molar-refractivity contribution in [2.45, 2.75) is 24.6 Å². The molecule has 0 aliphatic carbocycles. The van der Waals surface area contributed by atoms with E-state index in [4.69, 9.17) is 4.74 Å². The lowest BCUT2D eigenvalue weighted by atomic mass is 9.77. The Hall–Kier alpha value is -4.42. The molecule has 0 radical (unpaired) electrons. The van der Waals surface area contributed by atoms with E-state index in [9.17, 15) is 14.7 Å². The summed E-state index contributed by atoms with van der Waals surface area (Å²) >= 11 is 0. The van der Waals surface area contributed by atoms with Gasteiger partial charge in [-0.25, -0.2) is 4.79 Å². The van der Waals surface area contributed by atoms with Gasteiger partial charge in [0.05, 0.1) is 12.6 Å². The minimum Gasteiger partial charge on any atom is -0.445 e. The minimum atomic E-state index is -0.977. The molecule has 2 amide bonds. The summed E-state index contributed by atoms with van der Waals surface area (Å²) in [7, 11) is 0. The lowest BCUT2D eigenvalue weighted by Gasteiger charge is -2.37. The first kappa shape index (κ1) is 25.7. The smallest absolute Gasteiger partial charge is 0.407 e. The Morgan fingerprint density at radius 1 is 0.703 bits per heavy atom. The summed E-state index contributed by atoms with van der Waals surface area (Å²) < 4.78 is 5.26. The van der Waals surface area contributed by atoms with E-state index in [-0.39, 0.29) is 18.9 Å². The number of carbonyl (C=O) groups excluding carboxylic acids is 2. The Morgan fingerprint density at radius 2 is 1.14 bits per heavy atom. The molecule has 0 heterocycles. The van der Waals surface area contributed by atoms with E-state index >= 15 is 0 Å². The van der Waals surface area contributed by atoms with Crippen molar-refractivity contribution < 1.29 is 19.4 Å². The zero-order valence-corrected chi connectivity index (χ0v) is 20.4. The number of amides is 2. The fraction of sp³-hybridized carbons (Fsp3) is 0.161. The fourth-order valence-electron chi connectivity index (χ4n) is 4.36. The first-order valence-corrected chi connectivity index (χ1v) is 12.2. The van der Waals surface area contributed by atoms with Crippen LogP contribution in [0.1, 0.15) is 28.7 Å². The number of nitrogens with one attached hydrogen (secondary N) is 2. The summed E-state index contributed by atoms with van der Waals surface area (Å²) in [6.45, 7) is -0.320. The molecule has 0 aromatic heterocycles. The van der Waals surface area contributed by atoms with E-state index in [2.05, 4.69) is 10.6 Å². The summed E-state index contributed by atoms with van der Waals surface area (Å²) in [6, 6.07) is 37.7. The number of hydrogen-bond acceptors (Lipinski definition) is 4. The van der Waals surface area contributed by atoms with Crippen molar-refractivity contribution in [3.05, 3.63) is 144 Å². The highest BCUT2D eigenvalue weighted by atomic mass is 16.5. The van der Waals surface area contributed by atoms with Crippen molar-refractivity contribution in [2.24, 2.45) is 0 Å². The molecule has 3 N–H and O–H groups in total. The summed E-state index contributed by atoms with van der Waals surface area (Å²) in [5.74, 6) is -0.334. The number of rotatable bonds is 10. The maximum absolute atomic E-state index is 13.5. The average molecular weight is 495 g/mol. The predicted molar refractivity (Wildman–Crippen MR) is 143 cm³/mol. The second kappa shape index (κ2) is 12.5. The highest BCUT2D eigenvalue weighted by molar-refractivity contribution is 5.80. The van der Waals surface area contributed by atoms with Crippen LogP contribution in [-0.4, -0.2) is 29.8 Å². The van der Waals surface area contributed by atoms with Crippen LogP contribution in [-0.2, 0) is 21.7 Å². The van der Waals surface area contributed by atoms with E-state index in [1.54, 1.807) is 0 Å². The summed E-state index contributed by atoms with van der Waals surface area (Å²) in [4.78, 5) is 25.8. The van der Waals surface area contributed by atoms with Crippen molar-refractivity contribution in [2.75, 3.05) is 6.61 Å². The number of benzene rings is 4. The molecule has 188 valence electrons. The fourth-order valence-corrected chi connectivity index (χ4v) is 4.36. The second-order valence-electron chi connectivity index (χ2n) is 8.69. The Labute approximate surface area is 216 Å². The number of carbonyl (C=O) groups is 2. The second-order valence-corrected chi connectivity index (χ2v) is 8.69. The van der Waals surface area contributed by atoms with E-state index in [1.165, 1.54) is 0 Å². The summed E-state index contributed by atoms with van der Waals surface area (Å²) in [6.07, 6.45) is -0.832. The molecule has 37 heavy (non-hydrogen) atoms. The number of ether oxygens (including phenoxy) is 1. The zero-order valence-electron chi connectivity index (χ0n) is 20.4. The van der Waals surface area contributed by atoms with Crippen LogP contribution in [0.15, 0.2) is 121 Å². The number of alkyl carbamates (subject to hydrolysis) is 1. The number of aliphatic hydroxyl groups excluding tert-OH is 1. The minimum absolute atomic E-state index is 0.0934. The van der Waals surface area contributed by atoms with Gasteiger partial charge in [0.25, 0.3) is 0 Å². The van der Waals surface area contributed by atoms with Crippen molar-refractivity contribution in [1.82, 2.24) is 10.6 Å². The Balaban J connectivity index is 1.56. The molecule has 6 heteroatoms. The van der Waals surface area contributed by atoms with Crippen molar-refractivity contribution in [3.63, 3.8) is 0 Å². The average Bonchev–Trinajstić information content (AvgIpc) is 2.96. The number of aliphatic hydroxyl groups is 1. The molecule has 4 aromatic rings. The SMILES string of the molecule is O=C(CC(CO)NC(=O)OCc1ccccc1)NC(c1ccccc1)(c1ccccc1)c1ccccc1. The molecule has 0 saturated heterocycles. The molecule has 1 unspecified atom stereocenters. The zero-order chi connectivity index (χ0) is 25.9. The topological polar surface area (TPSA) is 87.7 Å². The normalized spacial score (nSPS) is 11.8. The molecule has 0 spiro atoms. The first-order chi connectivity index (χ1) is 18.1. The van der Waals surface area contributed by atoms with Gasteiger partial charge in [-0.3, -0.25) is 4.79 Å². The van der Waals surface area contributed by atoms with Gasteiger partial charge in [-0.15, -0.1) is 0 Å². The quantitative estimate of drug-likeness (QED) is 0.277. The Morgan fingerprint density at radius 3 is 1.57 bits per heavy atom. The van der Waals surface area contributed by atoms with E-state index in [1.807, 2.05) is 121 Å². The third-order valence-electron chi connectivity index (χ3n) is 6.13. The molecule has 0 aliphatic heterocycles. The largest absolute Gasteiger partial charge is 0.445 e. The van der Waals surface area contributed by atoms with Gasteiger partial charge in [0, 0.05) is 6.42 Å². The van der Waals surface area contributed by atoms with Crippen LogP contribution in [0.2, 0.25) is 0 Å².